The molecule has 0 bridgehead atoms. The van der Waals surface area contributed by atoms with Crippen LogP contribution < -0.4 is 5.32 Å². The van der Waals surface area contributed by atoms with Crippen molar-refractivity contribution in [3.05, 3.63) is 71.8 Å². The van der Waals surface area contributed by atoms with E-state index in [4.69, 9.17) is 0 Å². The van der Waals surface area contributed by atoms with Crippen molar-refractivity contribution in [1.82, 2.24) is 5.32 Å². The Morgan fingerprint density at radius 1 is 0.842 bits per heavy atom. The van der Waals surface area contributed by atoms with Crippen molar-refractivity contribution >= 4 is 5.91 Å². The van der Waals surface area contributed by atoms with Gasteiger partial charge in [-0.25, -0.2) is 0 Å². The van der Waals surface area contributed by atoms with Gasteiger partial charge in [0.05, 0.1) is 12.0 Å². The molecule has 2 nitrogen and oxygen atoms in total. The maximum absolute atomic E-state index is 12.2. The van der Waals surface area contributed by atoms with E-state index in [0.29, 0.717) is 0 Å². The number of rotatable bonds is 4. The second-order valence-electron chi connectivity index (χ2n) is 4.77. The minimum Gasteiger partial charge on any atom is -0.349 e. The molecule has 0 aliphatic heterocycles. The third kappa shape index (κ3) is 3.44. The van der Waals surface area contributed by atoms with E-state index in [0.717, 1.165) is 11.1 Å². The predicted molar refractivity (Wildman–Crippen MR) is 77.9 cm³/mol. The molecule has 1 N–H and O–H groups in total. The van der Waals surface area contributed by atoms with Crippen LogP contribution in [0.5, 0.6) is 0 Å². The lowest BCUT2D eigenvalue weighted by Gasteiger charge is -2.18. The Kier molecular flexibility index (Phi) is 4.35. The molecule has 2 heteroatoms. The van der Waals surface area contributed by atoms with Crippen molar-refractivity contribution in [1.29, 1.82) is 0 Å². The Balaban J connectivity index is 2.02. The number of carbonyl (C=O) groups excluding carboxylic acids is 1. The van der Waals surface area contributed by atoms with E-state index >= 15 is 0 Å². The number of amides is 1. The second-order valence-corrected chi connectivity index (χ2v) is 4.77. The van der Waals surface area contributed by atoms with Crippen molar-refractivity contribution in [3.63, 3.8) is 0 Å². The van der Waals surface area contributed by atoms with Crippen molar-refractivity contribution < 1.29 is 4.79 Å². The molecule has 0 aliphatic carbocycles. The molecule has 0 unspecified atom stereocenters. The topological polar surface area (TPSA) is 29.1 Å². The monoisotopic (exact) mass is 253 g/mol. The number of hydrogen-bond donors (Lipinski definition) is 1. The van der Waals surface area contributed by atoms with Crippen molar-refractivity contribution in [2.75, 3.05) is 0 Å². The lowest BCUT2D eigenvalue weighted by Crippen LogP contribution is -2.30. The van der Waals surface area contributed by atoms with Crippen LogP contribution in [-0.2, 0) is 4.79 Å². The Morgan fingerprint density at radius 2 is 1.32 bits per heavy atom. The summed E-state index contributed by atoms with van der Waals surface area (Å²) in [5.41, 5.74) is 2.16. The molecular weight excluding hydrogens is 234 g/mol. The molecule has 0 saturated carbocycles. The van der Waals surface area contributed by atoms with Gasteiger partial charge in [-0.3, -0.25) is 4.79 Å². The van der Waals surface area contributed by atoms with Gasteiger partial charge in [0.15, 0.2) is 0 Å². The quantitative estimate of drug-likeness (QED) is 0.885. The molecule has 1 amide bonds. The molecule has 0 heterocycles. The first-order valence-electron chi connectivity index (χ1n) is 6.58. The fraction of sp³-hybridized carbons (Fsp3) is 0.235. The third-order valence-corrected chi connectivity index (χ3v) is 3.35. The van der Waals surface area contributed by atoms with Crippen LogP contribution in [0.25, 0.3) is 0 Å². The van der Waals surface area contributed by atoms with Gasteiger partial charge in [-0.05, 0) is 25.0 Å². The summed E-state index contributed by atoms with van der Waals surface area (Å²) >= 11 is 0. The molecule has 2 aromatic carbocycles. The van der Waals surface area contributed by atoms with Crippen LogP contribution in [0, 0.1) is 0 Å². The molecule has 98 valence electrons. The number of carbonyl (C=O) groups is 1. The van der Waals surface area contributed by atoms with Gasteiger partial charge >= 0.3 is 0 Å². The Morgan fingerprint density at radius 3 is 1.84 bits per heavy atom. The predicted octanol–water partition coefficient (Wildman–Crippen LogP) is 3.67. The van der Waals surface area contributed by atoms with Gasteiger partial charge in [0.1, 0.15) is 0 Å². The zero-order chi connectivity index (χ0) is 13.7. The van der Waals surface area contributed by atoms with Crippen molar-refractivity contribution in [2.24, 2.45) is 0 Å². The van der Waals surface area contributed by atoms with Crippen LogP contribution in [0.2, 0.25) is 0 Å². The maximum atomic E-state index is 12.2. The highest BCUT2D eigenvalue weighted by atomic mass is 16.1. The molecule has 2 aromatic rings. The minimum absolute atomic E-state index is 0.0277. The summed E-state index contributed by atoms with van der Waals surface area (Å²) in [5.74, 6) is -0.0742. The highest BCUT2D eigenvalue weighted by Gasteiger charge is 2.17. The zero-order valence-electron chi connectivity index (χ0n) is 11.3. The van der Waals surface area contributed by atoms with E-state index in [-0.39, 0.29) is 17.9 Å². The normalized spacial score (nSPS) is 13.6. The summed E-state index contributed by atoms with van der Waals surface area (Å²) in [7, 11) is 0. The van der Waals surface area contributed by atoms with Gasteiger partial charge in [0.2, 0.25) is 5.91 Å². The number of benzene rings is 2. The molecule has 0 radical (unpaired) electrons. The van der Waals surface area contributed by atoms with Gasteiger partial charge in [-0.2, -0.15) is 0 Å². The third-order valence-electron chi connectivity index (χ3n) is 3.35. The zero-order valence-corrected chi connectivity index (χ0v) is 11.3. The maximum Gasteiger partial charge on any atom is 0.227 e. The van der Waals surface area contributed by atoms with Gasteiger partial charge in [0, 0.05) is 0 Å². The van der Waals surface area contributed by atoms with Crippen LogP contribution in [-0.4, -0.2) is 5.91 Å². The molecule has 0 aromatic heterocycles. The molecule has 0 aliphatic rings. The summed E-state index contributed by atoms with van der Waals surface area (Å²) in [6, 6.07) is 19.9. The molecule has 0 saturated heterocycles. The van der Waals surface area contributed by atoms with Crippen LogP contribution in [0.1, 0.15) is 36.9 Å². The van der Waals surface area contributed by atoms with Crippen LogP contribution >= 0.6 is 0 Å². The van der Waals surface area contributed by atoms with Crippen LogP contribution in [0.3, 0.4) is 0 Å². The van der Waals surface area contributed by atoms with E-state index in [2.05, 4.69) is 5.32 Å². The van der Waals surface area contributed by atoms with E-state index in [1.54, 1.807) is 0 Å². The highest BCUT2D eigenvalue weighted by Crippen LogP contribution is 2.17. The number of nitrogens with one attached hydrogen (secondary N) is 1. The first-order valence-corrected chi connectivity index (χ1v) is 6.58. The van der Waals surface area contributed by atoms with E-state index in [1.807, 2.05) is 74.5 Å². The average Bonchev–Trinajstić information content (AvgIpc) is 2.48. The Labute approximate surface area is 114 Å². The Hall–Kier alpha value is -2.09. The molecule has 0 fully saturated rings. The first kappa shape index (κ1) is 13.3. The van der Waals surface area contributed by atoms with E-state index in [1.165, 1.54) is 0 Å². The lowest BCUT2D eigenvalue weighted by atomic mass is 9.99. The van der Waals surface area contributed by atoms with Gasteiger partial charge in [-0.1, -0.05) is 60.7 Å². The molecule has 2 rings (SSSR count). The van der Waals surface area contributed by atoms with Gasteiger partial charge < -0.3 is 5.32 Å². The summed E-state index contributed by atoms with van der Waals surface area (Å²) in [4.78, 5) is 12.2. The smallest absolute Gasteiger partial charge is 0.227 e. The van der Waals surface area contributed by atoms with Gasteiger partial charge in [0.25, 0.3) is 0 Å². The van der Waals surface area contributed by atoms with Crippen molar-refractivity contribution in [2.45, 2.75) is 25.8 Å². The SMILES string of the molecule is C[C@H](C(=O)N[C@H](C)c1ccccc1)c1ccccc1. The second kappa shape index (κ2) is 6.19. The van der Waals surface area contributed by atoms with Crippen molar-refractivity contribution in [3.8, 4) is 0 Å². The van der Waals surface area contributed by atoms with Crippen LogP contribution in [0.15, 0.2) is 60.7 Å². The fourth-order valence-corrected chi connectivity index (χ4v) is 2.06. The number of hydrogen-bond acceptors (Lipinski definition) is 1. The molecule has 2 atom stereocenters. The summed E-state index contributed by atoms with van der Waals surface area (Å²) in [5, 5.41) is 3.06. The minimum atomic E-state index is -0.132. The van der Waals surface area contributed by atoms with Gasteiger partial charge in [-0.15, -0.1) is 0 Å². The lowest BCUT2D eigenvalue weighted by molar-refractivity contribution is -0.122. The average molecular weight is 253 g/mol. The van der Waals surface area contributed by atoms with Crippen LogP contribution in [0.4, 0.5) is 0 Å². The molecule has 0 spiro atoms. The summed E-state index contributed by atoms with van der Waals surface area (Å²) < 4.78 is 0. The standard InChI is InChI=1S/C17H19NO/c1-13(15-9-5-3-6-10-15)17(19)18-14(2)16-11-7-4-8-12-16/h3-14H,1-2H3,(H,18,19)/t13-,14+/m0/s1. The molecular formula is C17H19NO. The molecule has 19 heavy (non-hydrogen) atoms. The first-order chi connectivity index (χ1) is 9.18. The summed E-state index contributed by atoms with van der Waals surface area (Å²) in [6.07, 6.45) is 0. The largest absolute Gasteiger partial charge is 0.349 e. The van der Waals surface area contributed by atoms with E-state index in [9.17, 15) is 4.79 Å². The summed E-state index contributed by atoms with van der Waals surface area (Å²) in [6.45, 7) is 3.94. The Bertz CT molecular complexity index is 521. The van der Waals surface area contributed by atoms with E-state index < -0.39 is 0 Å². The fourth-order valence-electron chi connectivity index (χ4n) is 2.06. The highest BCUT2D eigenvalue weighted by molar-refractivity contribution is 5.83.